The molecule has 0 spiro atoms. The van der Waals surface area contributed by atoms with Gasteiger partial charge in [0.05, 0.1) is 25.3 Å². The molecule has 2 aliphatic rings. The first kappa shape index (κ1) is 16.7. The molecule has 2 aliphatic heterocycles. The van der Waals surface area contributed by atoms with Crippen LogP contribution in [0.4, 0.5) is 10.2 Å². The monoisotopic (exact) mass is 345 g/mol. The number of morpholine rings is 1. The van der Waals surface area contributed by atoms with Crippen LogP contribution in [0, 0.1) is 11.7 Å². The number of aromatic nitrogens is 1. The highest BCUT2D eigenvalue weighted by Crippen LogP contribution is 2.23. The molecule has 2 unspecified atom stereocenters. The number of hydrogen-bond donors (Lipinski definition) is 1. The lowest BCUT2D eigenvalue weighted by Gasteiger charge is -2.37. The van der Waals surface area contributed by atoms with Crippen molar-refractivity contribution in [1.29, 1.82) is 0 Å². The van der Waals surface area contributed by atoms with E-state index in [1.54, 1.807) is 6.07 Å². The average Bonchev–Trinajstić information content (AvgIpc) is 3.17. The van der Waals surface area contributed by atoms with Gasteiger partial charge in [-0.3, -0.25) is 4.90 Å². The van der Waals surface area contributed by atoms with Gasteiger partial charge in [0.1, 0.15) is 11.6 Å². The Morgan fingerprint density at radius 3 is 2.80 bits per heavy atom. The highest BCUT2D eigenvalue weighted by atomic mass is 19.1. The molecule has 5 nitrogen and oxygen atoms in total. The van der Waals surface area contributed by atoms with Crippen molar-refractivity contribution in [2.24, 2.45) is 5.92 Å². The Balaban J connectivity index is 1.48. The number of hydrogen-bond acceptors (Lipinski definition) is 5. The lowest BCUT2D eigenvalue weighted by atomic mass is 9.97. The predicted octanol–water partition coefficient (Wildman–Crippen LogP) is 2.52. The molecular weight excluding hydrogens is 321 g/mol. The fourth-order valence-corrected chi connectivity index (χ4v) is 3.76. The van der Waals surface area contributed by atoms with E-state index in [0.29, 0.717) is 17.5 Å². The zero-order valence-electron chi connectivity index (χ0n) is 14.3. The zero-order valence-corrected chi connectivity index (χ0v) is 14.3. The van der Waals surface area contributed by atoms with Crippen molar-refractivity contribution < 1.29 is 13.9 Å². The van der Waals surface area contributed by atoms with Crippen molar-refractivity contribution in [3.8, 4) is 0 Å². The number of rotatable bonds is 5. The lowest BCUT2D eigenvalue weighted by Crippen LogP contribution is -2.50. The van der Waals surface area contributed by atoms with Gasteiger partial charge >= 0.3 is 0 Å². The van der Waals surface area contributed by atoms with Crippen molar-refractivity contribution in [2.75, 3.05) is 51.4 Å². The summed E-state index contributed by atoms with van der Waals surface area (Å²) in [6.07, 6.45) is 1.10. The lowest BCUT2D eigenvalue weighted by molar-refractivity contribution is 0.00460. The second-order valence-electron chi connectivity index (χ2n) is 6.75. The molecule has 25 heavy (non-hydrogen) atoms. The molecule has 1 N–H and O–H groups in total. The van der Waals surface area contributed by atoms with E-state index in [9.17, 15) is 4.39 Å². The van der Waals surface area contributed by atoms with Gasteiger partial charge in [-0.2, -0.15) is 0 Å². The normalized spacial score (nSPS) is 23.0. The summed E-state index contributed by atoms with van der Waals surface area (Å²) >= 11 is 0. The van der Waals surface area contributed by atoms with Crippen LogP contribution in [-0.2, 0) is 9.47 Å². The molecule has 4 rings (SSSR count). The number of fused-ring (bicyclic) bond motifs is 1. The number of nitrogens with one attached hydrogen (secondary N) is 1. The van der Waals surface area contributed by atoms with Gasteiger partial charge in [-0.1, -0.05) is 0 Å². The third-order valence-electron chi connectivity index (χ3n) is 5.17. The van der Waals surface area contributed by atoms with E-state index in [1.165, 1.54) is 12.1 Å². The summed E-state index contributed by atoms with van der Waals surface area (Å²) in [5.74, 6) is 1.06. The van der Waals surface area contributed by atoms with Crippen molar-refractivity contribution >= 4 is 16.7 Å². The molecule has 1 aromatic carbocycles. The second kappa shape index (κ2) is 7.64. The van der Waals surface area contributed by atoms with Gasteiger partial charge in [0.25, 0.3) is 0 Å². The Kier molecular flexibility index (Phi) is 5.10. The summed E-state index contributed by atoms with van der Waals surface area (Å²) in [5.41, 5.74) is 0.678. The first-order valence-electron chi connectivity index (χ1n) is 8.99. The van der Waals surface area contributed by atoms with E-state index in [2.05, 4.69) is 15.2 Å². The van der Waals surface area contributed by atoms with Crippen LogP contribution in [0.2, 0.25) is 0 Å². The Morgan fingerprint density at radius 1 is 1.16 bits per heavy atom. The molecule has 0 amide bonds. The minimum Gasteiger partial charge on any atom is -0.381 e. The summed E-state index contributed by atoms with van der Waals surface area (Å²) in [6.45, 7) is 5.97. The molecule has 6 heteroatoms. The third-order valence-corrected chi connectivity index (χ3v) is 5.17. The quantitative estimate of drug-likeness (QED) is 0.902. The third kappa shape index (κ3) is 3.92. The topological polar surface area (TPSA) is 46.6 Å². The van der Waals surface area contributed by atoms with E-state index in [0.717, 1.165) is 63.7 Å². The van der Waals surface area contributed by atoms with Crippen molar-refractivity contribution in [3.05, 3.63) is 36.1 Å². The SMILES string of the molecule is Fc1ccc2ccc(NCC(C3CCOC3)N3CCOCC3)nc2c1. The molecule has 0 radical (unpaired) electrons. The number of halogens is 1. The molecule has 0 bridgehead atoms. The number of benzene rings is 1. The maximum atomic E-state index is 13.4. The standard InChI is InChI=1S/C19H24FN3O2/c20-16-3-1-14-2-4-19(22-17(14)11-16)21-12-18(15-5-8-25-13-15)23-6-9-24-10-7-23/h1-4,11,15,18H,5-10,12-13H2,(H,21,22). The van der Waals surface area contributed by atoms with Crippen LogP contribution >= 0.6 is 0 Å². The van der Waals surface area contributed by atoms with Gasteiger partial charge in [-0.25, -0.2) is 9.37 Å². The van der Waals surface area contributed by atoms with Gasteiger partial charge in [0.2, 0.25) is 0 Å². The summed E-state index contributed by atoms with van der Waals surface area (Å²) in [6, 6.07) is 9.04. The molecule has 2 fully saturated rings. The van der Waals surface area contributed by atoms with E-state index in [-0.39, 0.29) is 5.82 Å². The first-order valence-corrected chi connectivity index (χ1v) is 8.99. The fraction of sp³-hybridized carbons (Fsp3) is 0.526. The maximum absolute atomic E-state index is 13.4. The van der Waals surface area contributed by atoms with Crippen LogP contribution in [0.25, 0.3) is 10.9 Å². The van der Waals surface area contributed by atoms with Crippen molar-refractivity contribution in [1.82, 2.24) is 9.88 Å². The Hall–Kier alpha value is -1.76. The largest absolute Gasteiger partial charge is 0.381 e. The Bertz CT molecular complexity index is 715. The Morgan fingerprint density at radius 2 is 2.00 bits per heavy atom. The van der Waals surface area contributed by atoms with Crippen LogP contribution in [0.15, 0.2) is 30.3 Å². The van der Waals surface area contributed by atoms with Gasteiger partial charge < -0.3 is 14.8 Å². The smallest absolute Gasteiger partial charge is 0.126 e. The maximum Gasteiger partial charge on any atom is 0.126 e. The number of anilines is 1. The summed E-state index contributed by atoms with van der Waals surface area (Å²) < 4.78 is 24.5. The zero-order chi connectivity index (χ0) is 17.1. The van der Waals surface area contributed by atoms with Gasteiger partial charge in [-0.15, -0.1) is 0 Å². The number of nitrogens with zero attached hydrogens (tertiary/aromatic N) is 2. The summed E-state index contributed by atoms with van der Waals surface area (Å²) in [4.78, 5) is 7.05. The van der Waals surface area contributed by atoms with Crippen LogP contribution in [0.1, 0.15) is 6.42 Å². The van der Waals surface area contributed by atoms with E-state index >= 15 is 0 Å². The van der Waals surface area contributed by atoms with Gasteiger partial charge in [0.15, 0.2) is 0 Å². The molecular formula is C19H24FN3O2. The van der Waals surface area contributed by atoms with Crippen LogP contribution < -0.4 is 5.32 Å². The molecule has 2 saturated heterocycles. The first-order chi connectivity index (χ1) is 12.3. The fourth-order valence-electron chi connectivity index (χ4n) is 3.76. The average molecular weight is 345 g/mol. The molecule has 2 atom stereocenters. The summed E-state index contributed by atoms with van der Waals surface area (Å²) in [7, 11) is 0. The van der Waals surface area contributed by atoms with E-state index < -0.39 is 0 Å². The molecule has 1 aromatic heterocycles. The van der Waals surface area contributed by atoms with E-state index in [4.69, 9.17) is 9.47 Å². The van der Waals surface area contributed by atoms with Crippen molar-refractivity contribution in [3.63, 3.8) is 0 Å². The van der Waals surface area contributed by atoms with Crippen LogP contribution in [-0.4, -0.2) is 62.0 Å². The van der Waals surface area contributed by atoms with Gasteiger partial charge in [-0.05, 0) is 30.7 Å². The number of ether oxygens (including phenoxy) is 2. The van der Waals surface area contributed by atoms with Crippen molar-refractivity contribution in [2.45, 2.75) is 12.5 Å². The second-order valence-corrected chi connectivity index (χ2v) is 6.75. The van der Waals surface area contributed by atoms with Gasteiger partial charge in [0, 0.05) is 49.7 Å². The number of pyridine rings is 1. The molecule has 3 heterocycles. The summed E-state index contributed by atoms with van der Waals surface area (Å²) in [5, 5.41) is 4.40. The van der Waals surface area contributed by atoms with E-state index in [1.807, 2.05) is 12.1 Å². The predicted molar refractivity (Wildman–Crippen MR) is 95.3 cm³/mol. The van der Waals surface area contributed by atoms with Crippen LogP contribution in [0.3, 0.4) is 0 Å². The Labute approximate surface area is 147 Å². The minimum atomic E-state index is -0.258. The highest BCUT2D eigenvalue weighted by molar-refractivity contribution is 5.80. The molecule has 0 aliphatic carbocycles. The highest BCUT2D eigenvalue weighted by Gasteiger charge is 2.31. The minimum absolute atomic E-state index is 0.258. The molecule has 2 aromatic rings. The van der Waals surface area contributed by atoms with Crippen LogP contribution in [0.5, 0.6) is 0 Å². The molecule has 0 saturated carbocycles. The molecule has 134 valence electrons.